The van der Waals surface area contributed by atoms with Crippen molar-refractivity contribution in [2.24, 2.45) is 0 Å². The van der Waals surface area contributed by atoms with E-state index in [2.05, 4.69) is 5.32 Å². The molecule has 0 saturated heterocycles. The molecule has 1 aliphatic carbocycles. The van der Waals surface area contributed by atoms with Gasteiger partial charge in [-0.3, -0.25) is 0 Å². The molecule has 1 aliphatic rings. The minimum atomic E-state index is -0.366. The number of hydrogen-bond acceptors (Lipinski definition) is 1. The van der Waals surface area contributed by atoms with Gasteiger partial charge in [-0.15, -0.1) is 0 Å². The topological polar surface area (TPSA) is 12.0 Å². The van der Waals surface area contributed by atoms with Gasteiger partial charge >= 0.3 is 0 Å². The van der Waals surface area contributed by atoms with Crippen molar-refractivity contribution in [2.75, 3.05) is 6.54 Å². The minimum absolute atomic E-state index is 0.313. The predicted molar refractivity (Wildman–Crippen MR) is 55.7 cm³/mol. The Kier molecular flexibility index (Phi) is 3.31. The van der Waals surface area contributed by atoms with Crippen LogP contribution in [0, 0.1) is 11.6 Å². The molecule has 1 aromatic carbocycles. The molecular weight excluding hydrogens is 196 g/mol. The highest BCUT2D eigenvalue weighted by atomic mass is 19.1. The lowest BCUT2D eigenvalue weighted by Gasteiger charge is -2.26. The smallest absolute Gasteiger partial charge is 0.126 e. The Morgan fingerprint density at radius 3 is 2.73 bits per heavy atom. The van der Waals surface area contributed by atoms with Crippen molar-refractivity contribution in [1.82, 2.24) is 5.32 Å². The van der Waals surface area contributed by atoms with Gasteiger partial charge in [-0.05, 0) is 49.6 Å². The van der Waals surface area contributed by atoms with Gasteiger partial charge in [0.15, 0.2) is 0 Å². The molecule has 0 unspecified atom stereocenters. The second kappa shape index (κ2) is 4.71. The molecule has 3 heteroatoms. The summed E-state index contributed by atoms with van der Waals surface area (Å²) in [6.45, 7) is 0.727. The molecule has 1 nitrogen and oxygen atoms in total. The Hall–Kier alpha value is -0.960. The van der Waals surface area contributed by atoms with Gasteiger partial charge in [0.2, 0.25) is 0 Å². The van der Waals surface area contributed by atoms with Gasteiger partial charge in [0.25, 0.3) is 0 Å². The predicted octanol–water partition coefficient (Wildman–Crippen LogP) is 2.65. The summed E-state index contributed by atoms with van der Waals surface area (Å²) in [4.78, 5) is 0. The Balaban J connectivity index is 1.83. The highest BCUT2D eigenvalue weighted by Crippen LogP contribution is 2.18. The number of halogens is 2. The summed E-state index contributed by atoms with van der Waals surface area (Å²) in [5, 5.41) is 3.33. The van der Waals surface area contributed by atoms with Crippen LogP contribution in [0.4, 0.5) is 8.78 Å². The van der Waals surface area contributed by atoms with Gasteiger partial charge in [-0.1, -0.05) is 6.42 Å². The van der Waals surface area contributed by atoms with E-state index in [1.165, 1.54) is 31.4 Å². The molecule has 0 heterocycles. The molecule has 0 bridgehead atoms. The van der Waals surface area contributed by atoms with E-state index < -0.39 is 0 Å². The molecule has 0 atom stereocenters. The second-order valence-electron chi connectivity index (χ2n) is 4.07. The Morgan fingerprint density at radius 2 is 2.07 bits per heavy atom. The average Bonchev–Trinajstić information content (AvgIpc) is 2.15. The third-order valence-corrected chi connectivity index (χ3v) is 2.94. The molecule has 82 valence electrons. The van der Waals surface area contributed by atoms with Gasteiger partial charge in [0.1, 0.15) is 11.6 Å². The third kappa shape index (κ3) is 2.75. The summed E-state index contributed by atoms with van der Waals surface area (Å²) in [6.07, 6.45) is 4.27. The molecule has 1 aromatic rings. The molecule has 2 rings (SSSR count). The Labute approximate surface area is 88.5 Å². The monoisotopic (exact) mass is 211 g/mol. The van der Waals surface area contributed by atoms with Crippen LogP contribution >= 0.6 is 0 Å². The maximum atomic E-state index is 13.2. The zero-order valence-electron chi connectivity index (χ0n) is 8.60. The Bertz CT molecular complexity index is 334. The van der Waals surface area contributed by atoms with Crippen LogP contribution in [0.2, 0.25) is 0 Å². The van der Waals surface area contributed by atoms with Crippen molar-refractivity contribution in [3.63, 3.8) is 0 Å². The number of nitrogens with one attached hydrogen (secondary N) is 1. The Morgan fingerprint density at radius 1 is 1.27 bits per heavy atom. The van der Waals surface area contributed by atoms with E-state index in [1.807, 2.05) is 0 Å². The van der Waals surface area contributed by atoms with Crippen molar-refractivity contribution in [3.8, 4) is 0 Å². The van der Waals surface area contributed by atoms with Crippen LogP contribution in [0.3, 0.4) is 0 Å². The third-order valence-electron chi connectivity index (χ3n) is 2.94. The zero-order valence-corrected chi connectivity index (χ0v) is 8.60. The first-order chi connectivity index (χ1) is 7.25. The molecular formula is C12H15F2N. The van der Waals surface area contributed by atoms with Crippen molar-refractivity contribution in [2.45, 2.75) is 31.7 Å². The quantitative estimate of drug-likeness (QED) is 0.807. The summed E-state index contributed by atoms with van der Waals surface area (Å²) >= 11 is 0. The summed E-state index contributed by atoms with van der Waals surface area (Å²) in [6, 6.07) is 4.21. The summed E-state index contributed by atoms with van der Waals surface area (Å²) in [5.41, 5.74) is 0.460. The average molecular weight is 211 g/mol. The number of hydrogen-bond donors (Lipinski definition) is 1. The molecule has 1 saturated carbocycles. The lowest BCUT2D eigenvalue weighted by molar-refractivity contribution is 0.341. The van der Waals surface area contributed by atoms with Crippen LogP contribution in [-0.4, -0.2) is 12.6 Å². The van der Waals surface area contributed by atoms with Crippen LogP contribution in [0.25, 0.3) is 0 Å². The van der Waals surface area contributed by atoms with Crippen LogP contribution in [0.5, 0.6) is 0 Å². The van der Waals surface area contributed by atoms with Gasteiger partial charge in [0.05, 0.1) is 0 Å². The van der Waals surface area contributed by atoms with Crippen LogP contribution < -0.4 is 5.32 Å². The van der Waals surface area contributed by atoms with Gasteiger partial charge in [-0.25, -0.2) is 8.78 Å². The first-order valence-corrected chi connectivity index (χ1v) is 5.43. The van der Waals surface area contributed by atoms with E-state index in [1.54, 1.807) is 0 Å². The van der Waals surface area contributed by atoms with Crippen molar-refractivity contribution in [3.05, 3.63) is 35.4 Å². The lowest BCUT2D eigenvalue weighted by atomic mass is 9.93. The van der Waals surface area contributed by atoms with Gasteiger partial charge in [-0.2, -0.15) is 0 Å². The minimum Gasteiger partial charge on any atom is -0.314 e. The molecule has 0 radical (unpaired) electrons. The zero-order chi connectivity index (χ0) is 10.7. The van der Waals surface area contributed by atoms with Gasteiger partial charge < -0.3 is 5.32 Å². The number of rotatable bonds is 4. The van der Waals surface area contributed by atoms with Crippen LogP contribution in [0.15, 0.2) is 18.2 Å². The molecule has 15 heavy (non-hydrogen) atoms. The fraction of sp³-hybridized carbons (Fsp3) is 0.500. The largest absolute Gasteiger partial charge is 0.314 e. The van der Waals surface area contributed by atoms with Crippen molar-refractivity contribution in [1.29, 1.82) is 0 Å². The second-order valence-corrected chi connectivity index (χ2v) is 4.07. The van der Waals surface area contributed by atoms with Crippen molar-refractivity contribution >= 4 is 0 Å². The van der Waals surface area contributed by atoms with Crippen molar-refractivity contribution < 1.29 is 8.78 Å². The molecule has 1 N–H and O–H groups in total. The van der Waals surface area contributed by atoms with Crippen LogP contribution in [-0.2, 0) is 6.42 Å². The summed E-state index contributed by atoms with van der Waals surface area (Å²) in [7, 11) is 0. The highest BCUT2D eigenvalue weighted by Gasteiger charge is 2.16. The van der Waals surface area contributed by atoms with E-state index in [0.717, 1.165) is 12.6 Å². The fourth-order valence-electron chi connectivity index (χ4n) is 1.76. The molecule has 1 fully saturated rings. The maximum absolute atomic E-state index is 13.2. The standard InChI is InChI=1S/C12H15F2N/c13-10-4-5-12(14)9(8-10)6-7-15-11-2-1-3-11/h4-5,8,11,15H,1-3,6-7H2. The van der Waals surface area contributed by atoms with E-state index in [4.69, 9.17) is 0 Å². The SMILES string of the molecule is Fc1ccc(F)c(CCNC2CCC2)c1. The summed E-state index contributed by atoms with van der Waals surface area (Å²) in [5.74, 6) is -0.679. The lowest BCUT2D eigenvalue weighted by Crippen LogP contribution is -2.36. The molecule has 0 spiro atoms. The number of benzene rings is 1. The molecule has 0 aromatic heterocycles. The molecule has 0 aliphatic heterocycles. The first kappa shape index (κ1) is 10.6. The molecule has 0 amide bonds. The van der Waals surface area contributed by atoms with E-state index in [0.29, 0.717) is 18.0 Å². The van der Waals surface area contributed by atoms with E-state index >= 15 is 0 Å². The normalized spacial score (nSPS) is 16.4. The van der Waals surface area contributed by atoms with E-state index in [-0.39, 0.29) is 11.6 Å². The first-order valence-electron chi connectivity index (χ1n) is 5.43. The highest BCUT2D eigenvalue weighted by molar-refractivity contribution is 5.19. The summed E-state index contributed by atoms with van der Waals surface area (Å²) < 4.78 is 26.0. The fourth-order valence-corrected chi connectivity index (χ4v) is 1.76. The maximum Gasteiger partial charge on any atom is 0.126 e. The van der Waals surface area contributed by atoms with Crippen LogP contribution in [0.1, 0.15) is 24.8 Å². The van der Waals surface area contributed by atoms with E-state index in [9.17, 15) is 8.78 Å². The van der Waals surface area contributed by atoms with Gasteiger partial charge in [0, 0.05) is 6.04 Å².